The molecule has 2 aliphatic rings. The third kappa shape index (κ3) is 4.81. The summed E-state index contributed by atoms with van der Waals surface area (Å²) in [7, 11) is 0. The van der Waals surface area contributed by atoms with E-state index in [0.29, 0.717) is 31.7 Å². The van der Waals surface area contributed by atoms with Gasteiger partial charge in [-0.25, -0.2) is 0 Å². The first-order chi connectivity index (χ1) is 12.3. The molecule has 1 aromatic rings. The van der Waals surface area contributed by atoms with Crippen molar-refractivity contribution in [2.45, 2.75) is 32.1 Å². The smallest absolute Gasteiger partial charge is 0.255 e. The van der Waals surface area contributed by atoms with Crippen LogP contribution in [0.3, 0.4) is 0 Å². The van der Waals surface area contributed by atoms with Gasteiger partial charge >= 0.3 is 0 Å². The Hall–Kier alpha value is -2.37. The van der Waals surface area contributed by atoms with Crippen molar-refractivity contribution in [2.75, 3.05) is 38.0 Å². The van der Waals surface area contributed by atoms with Gasteiger partial charge in [-0.1, -0.05) is 11.6 Å². The number of amides is 2. The topological polar surface area (TPSA) is 65.5 Å². The molecule has 3 rings (SSSR count). The Morgan fingerprint density at radius 2 is 2.04 bits per heavy atom. The van der Waals surface area contributed by atoms with Crippen LogP contribution in [0.5, 0.6) is 0 Å². The molecule has 1 aromatic heterocycles. The van der Waals surface area contributed by atoms with E-state index < -0.39 is 0 Å². The number of carbonyl (C=O) groups excluding carboxylic acids is 2. The molecule has 1 saturated heterocycles. The number of allylic oxidation sites excluding steroid dienone is 1. The molecular weight excluding hydrogens is 316 g/mol. The van der Waals surface area contributed by atoms with Gasteiger partial charge < -0.3 is 15.1 Å². The molecule has 0 spiro atoms. The van der Waals surface area contributed by atoms with Crippen LogP contribution in [0.15, 0.2) is 30.1 Å². The Morgan fingerprint density at radius 1 is 1.20 bits per heavy atom. The molecule has 6 heteroatoms. The molecule has 0 saturated carbocycles. The Bertz CT molecular complexity index is 636. The van der Waals surface area contributed by atoms with E-state index in [1.165, 1.54) is 31.3 Å². The molecule has 1 aliphatic heterocycles. The summed E-state index contributed by atoms with van der Waals surface area (Å²) in [4.78, 5) is 31.1. The molecule has 1 aliphatic carbocycles. The zero-order chi connectivity index (χ0) is 17.5. The van der Waals surface area contributed by atoms with Gasteiger partial charge in [-0.3, -0.25) is 14.6 Å². The number of nitrogens with one attached hydrogen (secondary N) is 1. The average Bonchev–Trinajstić information content (AvgIpc) is 2.68. The normalized spacial score (nSPS) is 17.8. The molecule has 6 nitrogen and oxygen atoms in total. The molecule has 1 fully saturated rings. The van der Waals surface area contributed by atoms with Crippen molar-refractivity contribution in [1.29, 1.82) is 0 Å². The quantitative estimate of drug-likeness (QED) is 0.636. The third-order valence-electron chi connectivity index (χ3n) is 4.90. The van der Waals surface area contributed by atoms with E-state index in [1.54, 1.807) is 22.2 Å². The Morgan fingerprint density at radius 3 is 2.76 bits per heavy atom. The zero-order valence-electron chi connectivity index (χ0n) is 14.6. The van der Waals surface area contributed by atoms with Crippen molar-refractivity contribution in [3.63, 3.8) is 0 Å². The van der Waals surface area contributed by atoms with Gasteiger partial charge in [-0.05, 0) is 38.2 Å². The number of pyridine rings is 1. The highest BCUT2D eigenvalue weighted by molar-refractivity contribution is 5.94. The summed E-state index contributed by atoms with van der Waals surface area (Å²) in [6.45, 7) is 3.20. The number of hydrogen-bond acceptors (Lipinski definition) is 4. The summed E-state index contributed by atoms with van der Waals surface area (Å²) in [5, 5.41) is 3.38. The highest BCUT2D eigenvalue weighted by Gasteiger charge is 2.21. The third-order valence-corrected chi connectivity index (χ3v) is 4.90. The minimum Gasteiger partial charge on any atom is -0.383 e. The number of piperazine rings is 1. The molecule has 0 radical (unpaired) electrons. The number of hydrogen-bond donors (Lipinski definition) is 1. The number of aromatic nitrogens is 1. The summed E-state index contributed by atoms with van der Waals surface area (Å²) in [5.41, 5.74) is 3.02. The van der Waals surface area contributed by atoms with Gasteiger partial charge in [0.15, 0.2) is 0 Å². The molecule has 2 heterocycles. The second kappa shape index (κ2) is 8.65. The van der Waals surface area contributed by atoms with Gasteiger partial charge in [0.1, 0.15) is 0 Å². The molecule has 0 unspecified atom stereocenters. The van der Waals surface area contributed by atoms with E-state index in [0.717, 1.165) is 25.1 Å². The maximum atomic E-state index is 12.6. The molecule has 2 amide bonds. The fraction of sp³-hybridized carbons (Fsp3) is 0.526. The SMILES string of the molecule is O=CN1CCN(C(=O)c2cncc(NCCC3=CCCCC3)c2)CC1. The number of carbonyl (C=O) groups is 2. The fourth-order valence-corrected chi connectivity index (χ4v) is 3.37. The summed E-state index contributed by atoms with van der Waals surface area (Å²) in [6.07, 6.45) is 12.7. The van der Waals surface area contributed by atoms with E-state index in [1.807, 2.05) is 6.07 Å². The van der Waals surface area contributed by atoms with Crippen molar-refractivity contribution >= 4 is 18.0 Å². The van der Waals surface area contributed by atoms with Crippen molar-refractivity contribution in [3.8, 4) is 0 Å². The lowest BCUT2D eigenvalue weighted by molar-refractivity contribution is -0.119. The van der Waals surface area contributed by atoms with Crippen LogP contribution in [0.25, 0.3) is 0 Å². The number of anilines is 1. The van der Waals surface area contributed by atoms with Gasteiger partial charge in [0.05, 0.1) is 11.3 Å². The minimum atomic E-state index is -0.0170. The highest BCUT2D eigenvalue weighted by Crippen LogP contribution is 2.20. The predicted molar refractivity (Wildman–Crippen MR) is 97.4 cm³/mol. The maximum absolute atomic E-state index is 12.6. The largest absolute Gasteiger partial charge is 0.383 e. The number of rotatable bonds is 6. The molecular formula is C19H26N4O2. The first-order valence-corrected chi connectivity index (χ1v) is 9.12. The maximum Gasteiger partial charge on any atom is 0.255 e. The highest BCUT2D eigenvalue weighted by atomic mass is 16.2. The van der Waals surface area contributed by atoms with E-state index >= 15 is 0 Å². The summed E-state index contributed by atoms with van der Waals surface area (Å²) >= 11 is 0. The second-order valence-electron chi connectivity index (χ2n) is 6.68. The van der Waals surface area contributed by atoms with Crippen LogP contribution in [0.4, 0.5) is 5.69 Å². The van der Waals surface area contributed by atoms with Gasteiger partial charge in [0, 0.05) is 45.1 Å². The Balaban J connectivity index is 1.53. The van der Waals surface area contributed by atoms with E-state index in [9.17, 15) is 9.59 Å². The predicted octanol–water partition coefficient (Wildman–Crippen LogP) is 2.30. The minimum absolute atomic E-state index is 0.0170. The molecule has 0 aromatic carbocycles. The summed E-state index contributed by atoms with van der Waals surface area (Å²) in [5.74, 6) is -0.0170. The number of nitrogens with zero attached hydrogens (tertiary/aromatic N) is 3. The van der Waals surface area contributed by atoms with E-state index in [2.05, 4.69) is 16.4 Å². The molecule has 0 bridgehead atoms. The first kappa shape index (κ1) is 17.5. The zero-order valence-corrected chi connectivity index (χ0v) is 14.6. The van der Waals surface area contributed by atoms with Crippen LogP contribution in [0.1, 0.15) is 42.5 Å². The van der Waals surface area contributed by atoms with Crippen molar-refractivity contribution in [3.05, 3.63) is 35.7 Å². The fourth-order valence-electron chi connectivity index (χ4n) is 3.37. The lowest BCUT2D eigenvalue weighted by Crippen LogP contribution is -2.48. The van der Waals surface area contributed by atoms with Crippen LogP contribution >= 0.6 is 0 Å². The van der Waals surface area contributed by atoms with Gasteiger partial charge in [0.25, 0.3) is 5.91 Å². The molecule has 0 atom stereocenters. The first-order valence-electron chi connectivity index (χ1n) is 9.12. The van der Waals surface area contributed by atoms with Crippen molar-refractivity contribution in [2.24, 2.45) is 0 Å². The van der Waals surface area contributed by atoms with Gasteiger partial charge in [-0.15, -0.1) is 0 Å². The monoisotopic (exact) mass is 342 g/mol. The van der Waals surface area contributed by atoms with Crippen molar-refractivity contribution < 1.29 is 9.59 Å². The summed E-state index contributed by atoms with van der Waals surface area (Å²) in [6, 6.07) is 1.87. The Kier molecular flexibility index (Phi) is 6.04. The average molecular weight is 342 g/mol. The Labute approximate surface area is 148 Å². The van der Waals surface area contributed by atoms with Crippen molar-refractivity contribution in [1.82, 2.24) is 14.8 Å². The van der Waals surface area contributed by atoms with Crippen LogP contribution in [0.2, 0.25) is 0 Å². The lowest BCUT2D eigenvalue weighted by atomic mass is 9.97. The standard InChI is InChI=1S/C19H26N4O2/c24-15-22-8-10-23(11-9-22)19(25)17-12-18(14-20-13-17)21-7-6-16-4-2-1-3-5-16/h4,12-15,21H,1-3,5-11H2. The lowest BCUT2D eigenvalue weighted by Gasteiger charge is -2.32. The molecule has 25 heavy (non-hydrogen) atoms. The van der Waals surface area contributed by atoms with Crippen LogP contribution in [0, 0.1) is 0 Å². The van der Waals surface area contributed by atoms with Crippen LogP contribution in [-0.2, 0) is 4.79 Å². The van der Waals surface area contributed by atoms with Crippen LogP contribution < -0.4 is 5.32 Å². The second-order valence-corrected chi connectivity index (χ2v) is 6.68. The van der Waals surface area contributed by atoms with Crippen LogP contribution in [-0.4, -0.2) is 59.8 Å². The molecule has 1 N–H and O–H groups in total. The summed E-state index contributed by atoms with van der Waals surface area (Å²) < 4.78 is 0. The van der Waals surface area contributed by atoms with Gasteiger partial charge in [0.2, 0.25) is 6.41 Å². The van der Waals surface area contributed by atoms with E-state index in [-0.39, 0.29) is 5.91 Å². The van der Waals surface area contributed by atoms with E-state index in [4.69, 9.17) is 0 Å². The van der Waals surface area contributed by atoms with Gasteiger partial charge in [-0.2, -0.15) is 0 Å². The molecule has 134 valence electrons.